The lowest BCUT2D eigenvalue weighted by Crippen LogP contribution is -2.43. The van der Waals surface area contributed by atoms with E-state index in [0.717, 1.165) is 51.4 Å². The third-order valence-corrected chi connectivity index (χ3v) is 5.22. The Hall–Kier alpha value is -0.610. The number of rotatable bonds is 6. The molecule has 0 spiro atoms. The standard InChI is InChI=1S/C16H31N3O/c1-3-16(7-9-17-13-16)15(20)18-8-4-10-19-11-5-14(2)6-12-19/h14,17H,3-13H2,1-2H3,(H,18,20). The van der Waals surface area contributed by atoms with Gasteiger partial charge in [0.05, 0.1) is 5.41 Å². The molecule has 0 aromatic heterocycles. The molecule has 0 radical (unpaired) electrons. The lowest BCUT2D eigenvalue weighted by molar-refractivity contribution is -0.130. The van der Waals surface area contributed by atoms with Crippen molar-refractivity contribution in [2.45, 2.75) is 46.0 Å². The van der Waals surface area contributed by atoms with E-state index >= 15 is 0 Å². The second-order valence-corrected chi connectivity index (χ2v) is 6.69. The van der Waals surface area contributed by atoms with Crippen molar-refractivity contribution in [1.82, 2.24) is 15.5 Å². The van der Waals surface area contributed by atoms with Crippen molar-refractivity contribution in [2.75, 3.05) is 39.3 Å². The topological polar surface area (TPSA) is 44.4 Å². The number of nitrogens with one attached hydrogen (secondary N) is 2. The molecule has 2 fully saturated rings. The Kier molecular flexibility index (Phi) is 5.85. The van der Waals surface area contributed by atoms with Crippen LogP contribution in [0, 0.1) is 11.3 Å². The predicted octanol–water partition coefficient (Wildman–Crippen LogP) is 1.61. The summed E-state index contributed by atoms with van der Waals surface area (Å²) in [6.45, 7) is 10.7. The third-order valence-electron chi connectivity index (χ3n) is 5.22. The first-order valence-corrected chi connectivity index (χ1v) is 8.38. The zero-order chi connectivity index (χ0) is 14.4. The van der Waals surface area contributed by atoms with Crippen LogP contribution in [0.2, 0.25) is 0 Å². The number of hydrogen-bond donors (Lipinski definition) is 2. The van der Waals surface area contributed by atoms with Crippen LogP contribution in [0.3, 0.4) is 0 Å². The van der Waals surface area contributed by atoms with Crippen LogP contribution >= 0.6 is 0 Å². The summed E-state index contributed by atoms with van der Waals surface area (Å²) in [4.78, 5) is 14.9. The summed E-state index contributed by atoms with van der Waals surface area (Å²) in [5.41, 5.74) is -0.138. The quantitative estimate of drug-likeness (QED) is 0.727. The van der Waals surface area contributed by atoms with Crippen LogP contribution in [-0.4, -0.2) is 50.1 Å². The molecular formula is C16H31N3O. The largest absolute Gasteiger partial charge is 0.356 e. The predicted molar refractivity (Wildman–Crippen MR) is 82.7 cm³/mol. The molecule has 2 rings (SSSR count). The minimum Gasteiger partial charge on any atom is -0.356 e. The Morgan fingerprint density at radius 2 is 2.15 bits per heavy atom. The van der Waals surface area contributed by atoms with Gasteiger partial charge in [0.15, 0.2) is 0 Å². The first-order chi connectivity index (χ1) is 9.66. The van der Waals surface area contributed by atoms with Gasteiger partial charge in [-0.05, 0) is 64.2 Å². The average molecular weight is 281 g/mol. The molecule has 2 aliphatic heterocycles. The van der Waals surface area contributed by atoms with E-state index in [1.165, 1.54) is 25.9 Å². The van der Waals surface area contributed by atoms with Gasteiger partial charge in [0.25, 0.3) is 0 Å². The number of piperidine rings is 1. The Balaban J connectivity index is 1.62. The van der Waals surface area contributed by atoms with Crippen molar-refractivity contribution in [3.05, 3.63) is 0 Å². The zero-order valence-corrected chi connectivity index (χ0v) is 13.2. The van der Waals surface area contributed by atoms with Crippen LogP contribution in [0.25, 0.3) is 0 Å². The first kappa shape index (κ1) is 15.8. The van der Waals surface area contributed by atoms with Gasteiger partial charge >= 0.3 is 0 Å². The van der Waals surface area contributed by atoms with Crippen molar-refractivity contribution in [1.29, 1.82) is 0 Å². The molecule has 0 aromatic rings. The van der Waals surface area contributed by atoms with Crippen LogP contribution < -0.4 is 10.6 Å². The maximum absolute atomic E-state index is 12.3. The molecule has 0 bridgehead atoms. The maximum atomic E-state index is 12.3. The highest BCUT2D eigenvalue weighted by atomic mass is 16.2. The van der Waals surface area contributed by atoms with E-state index < -0.39 is 0 Å². The van der Waals surface area contributed by atoms with E-state index in [0.29, 0.717) is 0 Å². The summed E-state index contributed by atoms with van der Waals surface area (Å²) in [5.74, 6) is 1.16. The molecule has 1 amide bonds. The first-order valence-electron chi connectivity index (χ1n) is 8.38. The highest BCUT2D eigenvalue weighted by molar-refractivity contribution is 5.83. The van der Waals surface area contributed by atoms with Gasteiger partial charge in [0.1, 0.15) is 0 Å². The van der Waals surface area contributed by atoms with Crippen LogP contribution in [0.1, 0.15) is 46.0 Å². The summed E-state index contributed by atoms with van der Waals surface area (Å²) in [7, 11) is 0. The second kappa shape index (κ2) is 7.41. The van der Waals surface area contributed by atoms with Crippen LogP contribution in [0.15, 0.2) is 0 Å². The highest BCUT2D eigenvalue weighted by Gasteiger charge is 2.39. The van der Waals surface area contributed by atoms with Gasteiger partial charge < -0.3 is 15.5 Å². The van der Waals surface area contributed by atoms with E-state index in [4.69, 9.17) is 0 Å². The Morgan fingerprint density at radius 1 is 1.40 bits per heavy atom. The lowest BCUT2D eigenvalue weighted by Gasteiger charge is -2.30. The smallest absolute Gasteiger partial charge is 0.227 e. The van der Waals surface area contributed by atoms with Crippen molar-refractivity contribution < 1.29 is 4.79 Å². The second-order valence-electron chi connectivity index (χ2n) is 6.69. The van der Waals surface area contributed by atoms with E-state index in [9.17, 15) is 4.79 Å². The molecule has 0 aromatic carbocycles. The number of likely N-dealkylation sites (tertiary alicyclic amines) is 1. The number of hydrogen-bond acceptors (Lipinski definition) is 3. The van der Waals surface area contributed by atoms with E-state index in [1.54, 1.807) is 0 Å². The summed E-state index contributed by atoms with van der Waals surface area (Å²) in [6, 6.07) is 0. The van der Waals surface area contributed by atoms with Crippen molar-refractivity contribution in [3.8, 4) is 0 Å². The molecular weight excluding hydrogens is 250 g/mol. The lowest BCUT2D eigenvalue weighted by atomic mass is 9.83. The average Bonchev–Trinajstić information content (AvgIpc) is 2.95. The van der Waals surface area contributed by atoms with Crippen molar-refractivity contribution >= 4 is 5.91 Å². The van der Waals surface area contributed by atoms with Gasteiger partial charge in [-0.25, -0.2) is 0 Å². The van der Waals surface area contributed by atoms with Crippen LogP contribution in [0.5, 0.6) is 0 Å². The molecule has 1 unspecified atom stereocenters. The fourth-order valence-corrected chi connectivity index (χ4v) is 3.38. The van der Waals surface area contributed by atoms with Crippen molar-refractivity contribution in [3.63, 3.8) is 0 Å². The van der Waals surface area contributed by atoms with Gasteiger partial charge in [0.2, 0.25) is 5.91 Å². The normalized spacial score (nSPS) is 28.7. The SMILES string of the molecule is CCC1(C(=O)NCCCN2CCC(C)CC2)CCNC1. The van der Waals surface area contributed by atoms with Gasteiger partial charge in [-0.3, -0.25) is 4.79 Å². The van der Waals surface area contributed by atoms with E-state index in [2.05, 4.69) is 29.4 Å². The minimum atomic E-state index is -0.138. The summed E-state index contributed by atoms with van der Waals surface area (Å²) < 4.78 is 0. The Labute approximate surface area is 123 Å². The molecule has 2 aliphatic rings. The summed E-state index contributed by atoms with van der Waals surface area (Å²) in [6.07, 6.45) is 5.66. The Morgan fingerprint density at radius 3 is 2.75 bits per heavy atom. The third kappa shape index (κ3) is 3.95. The fourth-order valence-electron chi connectivity index (χ4n) is 3.38. The Bertz CT molecular complexity index is 305. The highest BCUT2D eigenvalue weighted by Crippen LogP contribution is 2.29. The molecule has 116 valence electrons. The van der Waals surface area contributed by atoms with Gasteiger partial charge in [-0.2, -0.15) is 0 Å². The van der Waals surface area contributed by atoms with Gasteiger partial charge in [0, 0.05) is 13.1 Å². The van der Waals surface area contributed by atoms with Gasteiger partial charge in [-0.15, -0.1) is 0 Å². The van der Waals surface area contributed by atoms with Gasteiger partial charge in [-0.1, -0.05) is 13.8 Å². The fraction of sp³-hybridized carbons (Fsp3) is 0.938. The number of nitrogens with zero attached hydrogens (tertiary/aromatic N) is 1. The van der Waals surface area contributed by atoms with E-state index in [-0.39, 0.29) is 11.3 Å². The summed E-state index contributed by atoms with van der Waals surface area (Å²) >= 11 is 0. The number of carbonyl (C=O) groups is 1. The molecule has 1 atom stereocenters. The molecule has 0 saturated carbocycles. The summed E-state index contributed by atoms with van der Waals surface area (Å²) in [5, 5.41) is 6.48. The molecule has 2 heterocycles. The monoisotopic (exact) mass is 281 g/mol. The van der Waals surface area contributed by atoms with E-state index in [1.807, 2.05) is 0 Å². The minimum absolute atomic E-state index is 0.138. The molecule has 4 heteroatoms. The zero-order valence-electron chi connectivity index (χ0n) is 13.2. The molecule has 2 saturated heterocycles. The molecule has 2 N–H and O–H groups in total. The number of carbonyl (C=O) groups excluding carboxylic acids is 1. The maximum Gasteiger partial charge on any atom is 0.227 e. The van der Waals surface area contributed by atoms with Crippen LogP contribution in [0.4, 0.5) is 0 Å². The van der Waals surface area contributed by atoms with Crippen LogP contribution in [-0.2, 0) is 4.79 Å². The molecule has 20 heavy (non-hydrogen) atoms. The van der Waals surface area contributed by atoms with Crippen molar-refractivity contribution in [2.24, 2.45) is 11.3 Å². The molecule has 4 nitrogen and oxygen atoms in total. The molecule has 0 aliphatic carbocycles. The number of amides is 1.